The van der Waals surface area contributed by atoms with Gasteiger partial charge in [0.15, 0.2) is 0 Å². The molecule has 1 amide bonds. The largest absolute Gasteiger partial charge is 0.495 e. The van der Waals surface area contributed by atoms with Crippen LogP contribution in [0, 0.1) is 5.92 Å². The van der Waals surface area contributed by atoms with Crippen molar-refractivity contribution in [1.29, 1.82) is 0 Å². The minimum absolute atomic E-state index is 0.0244. The van der Waals surface area contributed by atoms with Crippen molar-refractivity contribution in [2.75, 3.05) is 32.2 Å². The molecule has 10 nitrogen and oxygen atoms in total. The topological polar surface area (TPSA) is 105 Å². The lowest BCUT2D eigenvalue weighted by Crippen LogP contribution is -2.38. The SMILES string of the molecule is COc1c(-c2cnn([C@H]3COC[C@@]34CCCO4)c2)cccc1-c1nn(C)c2cnc(NC(=O)C3CC3)cc12. The number of aryl methyl sites for hydroxylation is 1. The van der Waals surface area contributed by atoms with Crippen LogP contribution in [0.25, 0.3) is 33.3 Å². The predicted octanol–water partition coefficient (Wildman–Crippen LogP) is 3.98. The number of ether oxygens (including phenoxy) is 3. The first-order chi connectivity index (χ1) is 18.6. The van der Waals surface area contributed by atoms with Crippen molar-refractivity contribution >= 4 is 22.6 Å². The highest BCUT2D eigenvalue weighted by atomic mass is 16.6. The average Bonchev–Trinajstić information content (AvgIpc) is 3.25. The molecule has 1 aliphatic carbocycles. The lowest BCUT2D eigenvalue weighted by Gasteiger charge is -2.28. The van der Waals surface area contributed by atoms with Gasteiger partial charge in [0.2, 0.25) is 5.91 Å². The first-order valence-electron chi connectivity index (χ1n) is 13.1. The van der Waals surface area contributed by atoms with E-state index in [1.54, 1.807) is 18.0 Å². The molecule has 1 spiro atoms. The molecule has 1 N–H and O–H groups in total. The number of para-hydroxylation sites is 1. The molecule has 196 valence electrons. The molecule has 1 aromatic carbocycles. The zero-order valence-electron chi connectivity index (χ0n) is 21.5. The lowest BCUT2D eigenvalue weighted by molar-refractivity contribution is -0.117. The van der Waals surface area contributed by atoms with Gasteiger partial charge in [-0.15, -0.1) is 0 Å². The Kier molecular flexibility index (Phi) is 5.48. The number of amides is 1. The number of carbonyl (C=O) groups excluding carboxylic acids is 1. The molecule has 4 aromatic rings. The summed E-state index contributed by atoms with van der Waals surface area (Å²) in [6, 6.07) is 7.98. The Morgan fingerprint density at radius 3 is 2.89 bits per heavy atom. The van der Waals surface area contributed by atoms with E-state index in [9.17, 15) is 4.79 Å². The molecule has 38 heavy (non-hydrogen) atoms. The molecule has 0 bridgehead atoms. The summed E-state index contributed by atoms with van der Waals surface area (Å²) < 4.78 is 21.7. The van der Waals surface area contributed by atoms with Gasteiger partial charge >= 0.3 is 0 Å². The molecule has 3 fully saturated rings. The normalized spacial score (nSPS) is 22.9. The zero-order chi connectivity index (χ0) is 25.9. The van der Waals surface area contributed by atoms with Crippen LogP contribution in [-0.4, -0.2) is 63.0 Å². The zero-order valence-corrected chi connectivity index (χ0v) is 21.5. The summed E-state index contributed by atoms with van der Waals surface area (Å²) in [7, 11) is 3.56. The molecule has 10 heteroatoms. The van der Waals surface area contributed by atoms with Crippen molar-refractivity contribution in [3.05, 3.63) is 42.9 Å². The monoisotopic (exact) mass is 514 g/mol. The van der Waals surface area contributed by atoms with Crippen LogP contribution in [0.4, 0.5) is 5.82 Å². The summed E-state index contributed by atoms with van der Waals surface area (Å²) in [5.41, 5.74) is 4.07. The number of carbonyl (C=O) groups is 1. The second-order valence-corrected chi connectivity index (χ2v) is 10.5. The van der Waals surface area contributed by atoms with Gasteiger partial charge in [-0.05, 0) is 37.8 Å². The minimum Gasteiger partial charge on any atom is -0.495 e. The maximum Gasteiger partial charge on any atom is 0.228 e. The third-order valence-corrected chi connectivity index (χ3v) is 8.01. The summed E-state index contributed by atoms with van der Waals surface area (Å²) in [4.78, 5) is 16.8. The molecule has 3 aliphatic rings. The minimum atomic E-state index is -0.289. The molecule has 0 unspecified atom stereocenters. The summed E-state index contributed by atoms with van der Waals surface area (Å²) in [6.45, 7) is 1.96. The van der Waals surface area contributed by atoms with Crippen molar-refractivity contribution < 1.29 is 19.0 Å². The summed E-state index contributed by atoms with van der Waals surface area (Å²) in [5, 5.41) is 13.4. The number of nitrogens with zero attached hydrogens (tertiary/aromatic N) is 5. The number of aromatic nitrogens is 5. The first-order valence-corrected chi connectivity index (χ1v) is 13.1. The van der Waals surface area contributed by atoms with Gasteiger partial charge in [-0.2, -0.15) is 10.2 Å². The Morgan fingerprint density at radius 2 is 2.11 bits per heavy atom. The number of rotatable bonds is 6. The number of fused-ring (bicyclic) bond motifs is 1. The number of hydrogen-bond acceptors (Lipinski definition) is 7. The van der Waals surface area contributed by atoms with E-state index < -0.39 is 0 Å². The van der Waals surface area contributed by atoms with Gasteiger partial charge in [0.1, 0.15) is 28.9 Å². The molecule has 2 atom stereocenters. The van der Waals surface area contributed by atoms with E-state index in [0.717, 1.165) is 65.6 Å². The van der Waals surface area contributed by atoms with Crippen molar-refractivity contribution in [3.63, 3.8) is 0 Å². The van der Waals surface area contributed by atoms with Crippen LogP contribution in [-0.2, 0) is 21.3 Å². The fourth-order valence-electron chi connectivity index (χ4n) is 5.82. The van der Waals surface area contributed by atoms with Crippen LogP contribution in [0.1, 0.15) is 31.7 Å². The van der Waals surface area contributed by atoms with Crippen molar-refractivity contribution in [3.8, 4) is 28.1 Å². The number of anilines is 1. The van der Waals surface area contributed by atoms with Gasteiger partial charge in [0.05, 0.1) is 38.2 Å². The maximum atomic E-state index is 12.3. The molecule has 0 radical (unpaired) electrons. The number of hydrogen-bond donors (Lipinski definition) is 1. The smallest absolute Gasteiger partial charge is 0.228 e. The van der Waals surface area contributed by atoms with E-state index in [0.29, 0.717) is 24.8 Å². The van der Waals surface area contributed by atoms with E-state index in [1.807, 2.05) is 42.2 Å². The molecule has 1 saturated carbocycles. The van der Waals surface area contributed by atoms with Crippen LogP contribution >= 0.6 is 0 Å². The summed E-state index contributed by atoms with van der Waals surface area (Å²) in [5.74, 6) is 1.37. The Hall–Kier alpha value is -3.76. The standard InChI is InChI=1S/C28H30N6O4/c1-33-22-13-29-24(31-27(35)17-7-8-17)11-21(22)25(32-33)20-6-3-5-19(26(20)36-2)18-12-30-34(14-18)23-15-37-16-28(23)9-4-10-38-28/h3,5-6,11-14,17,23H,4,7-10,15-16H2,1-2H3,(H,29,31,35)/t23-,28-/m0/s1. The van der Waals surface area contributed by atoms with Gasteiger partial charge < -0.3 is 19.5 Å². The second kappa shape index (κ2) is 8.92. The Balaban J connectivity index is 1.27. The molecular formula is C28H30N6O4. The van der Waals surface area contributed by atoms with Gasteiger partial charge in [-0.25, -0.2) is 4.98 Å². The number of pyridine rings is 1. The average molecular weight is 515 g/mol. The molecule has 2 aliphatic heterocycles. The highest BCUT2D eigenvalue weighted by molar-refractivity contribution is 6.00. The van der Waals surface area contributed by atoms with Crippen molar-refractivity contribution in [2.24, 2.45) is 13.0 Å². The molecule has 3 aromatic heterocycles. The first kappa shape index (κ1) is 23.4. The van der Waals surface area contributed by atoms with E-state index in [-0.39, 0.29) is 23.5 Å². The van der Waals surface area contributed by atoms with E-state index >= 15 is 0 Å². The highest BCUT2D eigenvalue weighted by Crippen LogP contribution is 2.44. The Labute approximate surface area is 219 Å². The predicted molar refractivity (Wildman–Crippen MR) is 141 cm³/mol. The summed E-state index contributed by atoms with van der Waals surface area (Å²) >= 11 is 0. The molecule has 2 saturated heterocycles. The van der Waals surface area contributed by atoms with E-state index in [2.05, 4.69) is 16.5 Å². The van der Waals surface area contributed by atoms with Crippen molar-refractivity contribution in [1.82, 2.24) is 24.5 Å². The summed E-state index contributed by atoms with van der Waals surface area (Å²) in [6.07, 6.45) is 9.58. The van der Waals surface area contributed by atoms with Crippen molar-refractivity contribution in [2.45, 2.75) is 37.3 Å². The maximum absolute atomic E-state index is 12.3. The van der Waals surface area contributed by atoms with Gasteiger partial charge in [0, 0.05) is 47.8 Å². The van der Waals surface area contributed by atoms with E-state index in [4.69, 9.17) is 24.4 Å². The number of nitrogens with one attached hydrogen (secondary N) is 1. The van der Waals surface area contributed by atoms with Crippen LogP contribution in [0.5, 0.6) is 5.75 Å². The number of methoxy groups -OCH3 is 1. The third kappa shape index (κ3) is 3.78. The van der Waals surface area contributed by atoms with Crippen LogP contribution in [0.3, 0.4) is 0 Å². The second-order valence-electron chi connectivity index (χ2n) is 10.5. The van der Waals surface area contributed by atoms with Crippen LogP contribution in [0.15, 0.2) is 42.9 Å². The molecule has 7 rings (SSSR count). The van der Waals surface area contributed by atoms with Crippen LogP contribution in [0.2, 0.25) is 0 Å². The van der Waals surface area contributed by atoms with Crippen LogP contribution < -0.4 is 10.1 Å². The highest BCUT2D eigenvalue weighted by Gasteiger charge is 2.49. The fourth-order valence-corrected chi connectivity index (χ4v) is 5.82. The molecule has 5 heterocycles. The van der Waals surface area contributed by atoms with Gasteiger partial charge in [-0.3, -0.25) is 14.2 Å². The van der Waals surface area contributed by atoms with Gasteiger partial charge in [0.25, 0.3) is 0 Å². The number of benzene rings is 1. The van der Waals surface area contributed by atoms with Gasteiger partial charge in [-0.1, -0.05) is 12.1 Å². The molecular weight excluding hydrogens is 484 g/mol. The Morgan fingerprint density at radius 1 is 1.24 bits per heavy atom. The Bertz CT molecular complexity index is 1530. The van der Waals surface area contributed by atoms with E-state index in [1.165, 1.54) is 0 Å². The third-order valence-electron chi connectivity index (χ3n) is 8.01. The fraction of sp³-hybridized carbons (Fsp3) is 0.429. The lowest BCUT2D eigenvalue weighted by atomic mass is 9.94. The quantitative estimate of drug-likeness (QED) is 0.415.